The maximum Gasteiger partial charge on any atom is 0.270 e. The molecule has 1 unspecified atom stereocenters. The summed E-state index contributed by atoms with van der Waals surface area (Å²) in [7, 11) is -0.717. The predicted molar refractivity (Wildman–Crippen MR) is 133 cm³/mol. The van der Waals surface area contributed by atoms with E-state index in [9.17, 15) is 23.3 Å². The molecule has 1 aliphatic heterocycles. The molecule has 13 heteroatoms. The average Bonchev–Trinajstić information content (AvgIpc) is 3.23. The van der Waals surface area contributed by atoms with E-state index in [1.165, 1.54) is 47.0 Å². The molecule has 0 bridgehead atoms. The van der Waals surface area contributed by atoms with E-state index in [0.29, 0.717) is 53.3 Å². The van der Waals surface area contributed by atoms with Crippen molar-refractivity contribution in [3.05, 3.63) is 57.4 Å². The smallest absolute Gasteiger partial charge is 0.270 e. The molecule has 1 saturated heterocycles. The number of nitrogens with zero attached hydrogens (tertiary/aromatic N) is 4. The van der Waals surface area contributed by atoms with Gasteiger partial charge in [-0.15, -0.1) is 0 Å². The number of carbonyl (C=O) groups excluding carboxylic acids is 1. The lowest BCUT2D eigenvalue weighted by atomic mass is 9.99. The van der Waals surface area contributed by atoms with Crippen molar-refractivity contribution in [3.63, 3.8) is 0 Å². The second kappa shape index (κ2) is 10.9. The van der Waals surface area contributed by atoms with Crippen LogP contribution in [-0.4, -0.2) is 62.0 Å². The standard InChI is InChI=1S/C23H26N4O7S2/c1-33-13-12-26-20-10-5-17(27(29)30)14-21(20)35-23(26)24-22(28)16-4-3-11-25(15-16)36(31,32)19-8-6-18(34-2)7-9-19/h5-10,14,16H,3-4,11-13,15H2,1-2H3. The van der Waals surface area contributed by atoms with Gasteiger partial charge in [-0.2, -0.15) is 9.30 Å². The molecule has 11 nitrogen and oxygen atoms in total. The Bertz CT molecular complexity index is 1450. The molecule has 1 atom stereocenters. The number of carbonyl (C=O) groups is 1. The minimum atomic E-state index is -3.78. The summed E-state index contributed by atoms with van der Waals surface area (Å²) in [6.45, 7) is 1.12. The second-order valence-electron chi connectivity index (χ2n) is 8.27. The molecule has 0 saturated carbocycles. The van der Waals surface area contributed by atoms with Crippen LogP contribution in [0, 0.1) is 16.0 Å². The summed E-state index contributed by atoms with van der Waals surface area (Å²) >= 11 is 1.18. The van der Waals surface area contributed by atoms with Crippen molar-refractivity contribution in [2.75, 3.05) is 33.9 Å². The monoisotopic (exact) mass is 534 g/mol. The van der Waals surface area contributed by atoms with Crippen LogP contribution in [0.3, 0.4) is 0 Å². The Balaban J connectivity index is 1.62. The van der Waals surface area contributed by atoms with Gasteiger partial charge in [0.15, 0.2) is 4.80 Å². The van der Waals surface area contributed by atoms with Crippen molar-refractivity contribution >= 4 is 43.2 Å². The van der Waals surface area contributed by atoms with Crippen LogP contribution < -0.4 is 9.54 Å². The Morgan fingerprint density at radius 1 is 1.22 bits per heavy atom. The summed E-state index contributed by atoms with van der Waals surface area (Å²) in [4.78, 5) is 28.8. The quantitative estimate of drug-likeness (QED) is 0.320. The van der Waals surface area contributed by atoms with Crippen molar-refractivity contribution in [2.24, 2.45) is 10.9 Å². The van der Waals surface area contributed by atoms with Gasteiger partial charge in [-0.3, -0.25) is 14.9 Å². The van der Waals surface area contributed by atoms with Gasteiger partial charge in [0, 0.05) is 38.9 Å². The molecule has 1 aromatic heterocycles. The van der Waals surface area contributed by atoms with Crippen molar-refractivity contribution in [1.29, 1.82) is 0 Å². The second-order valence-corrected chi connectivity index (χ2v) is 11.2. The lowest BCUT2D eigenvalue weighted by molar-refractivity contribution is -0.384. The topological polar surface area (TPSA) is 133 Å². The molecule has 0 spiro atoms. The van der Waals surface area contributed by atoms with Crippen LogP contribution in [0.15, 0.2) is 52.4 Å². The maximum absolute atomic E-state index is 13.2. The van der Waals surface area contributed by atoms with Crippen molar-refractivity contribution in [3.8, 4) is 5.75 Å². The normalized spacial score (nSPS) is 17.4. The molecular weight excluding hydrogens is 508 g/mol. The first kappa shape index (κ1) is 25.9. The van der Waals surface area contributed by atoms with E-state index in [1.54, 1.807) is 29.9 Å². The molecule has 0 radical (unpaired) electrons. The van der Waals surface area contributed by atoms with E-state index in [0.717, 1.165) is 0 Å². The minimum Gasteiger partial charge on any atom is -0.497 e. The molecule has 192 valence electrons. The van der Waals surface area contributed by atoms with Gasteiger partial charge in [-0.25, -0.2) is 8.42 Å². The molecule has 0 aliphatic carbocycles. The van der Waals surface area contributed by atoms with Gasteiger partial charge in [0.2, 0.25) is 10.0 Å². The minimum absolute atomic E-state index is 0.0329. The van der Waals surface area contributed by atoms with Crippen LogP contribution >= 0.6 is 11.3 Å². The summed E-state index contributed by atoms with van der Waals surface area (Å²) in [5, 5.41) is 11.2. The number of methoxy groups -OCH3 is 2. The molecule has 1 fully saturated rings. The van der Waals surface area contributed by atoms with Crippen molar-refractivity contribution in [1.82, 2.24) is 8.87 Å². The highest BCUT2D eigenvalue weighted by Crippen LogP contribution is 2.27. The number of hydrogen-bond acceptors (Lipinski definition) is 8. The highest BCUT2D eigenvalue weighted by Gasteiger charge is 2.33. The van der Waals surface area contributed by atoms with Crippen LogP contribution in [0.4, 0.5) is 5.69 Å². The molecule has 2 aromatic carbocycles. The van der Waals surface area contributed by atoms with Crippen LogP contribution in [0.1, 0.15) is 12.8 Å². The lowest BCUT2D eigenvalue weighted by Gasteiger charge is -2.30. The fourth-order valence-corrected chi connectivity index (χ4v) is 6.72. The van der Waals surface area contributed by atoms with Gasteiger partial charge in [-0.05, 0) is 43.2 Å². The lowest BCUT2D eigenvalue weighted by Crippen LogP contribution is -2.42. The molecule has 0 N–H and O–H groups in total. The number of fused-ring (bicyclic) bond motifs is 1. The Morgan fingerprint density at radius 2 is 1.97 bits per heavy atom. The van der Waals surface area contributed by atoms with Crippen molar-refractivity contribution in [2.45, 2.75) is 24.3 Å². The fourth-order valence-electron chi connectivity index (χ4n) is 4.10. The highest BCUT2D eigenvalue weighted by atomic mass is 32.2. The first-order valence-corrected chi connectivity index (χ1v) is 13.5. The Labute approximate surface area is 211 Å². The number of sulfonamides is 1. The molecule has 36 heavy (non-hydrogen) atoms. The van der Waals surface area contributed by atoms with Crippen LogP contribution in [0.5, 0.6) is 5.75 Å². The summed E-state index contributed by atoms with van der Waals surface area (Å²) in [5.74, 6) is -0.464. The molecule has 3 aromatic rings. The maximum atomic E-state index is 13.2. The zero-order valence-electron chi connectivity index (χ0n) is 19.8. The predicted octanol–water partition coefficient (Wildman–Crippen LogP) is 2.79. The molecule has 1 amide bonds. The summed E-state index contributed by atoms with van der Waals surface area (Å²) < 4.78 is 40.3. The van der Waals surface area contributed by atoms with Gasteiger partial charge < -0.3 is 14.0 Å². The number of nitro groups is 1. The largest absolute Gasteiger partial charge is 0.497 e. The number of thiazole rings is 1. The zero-order chi connectivity index (χ0) is 25.9. The summed E-state index contributed by atoms with van der Waals surface area (Å²) in [5.41, 5.74) is 0.661. The number of rotatable bonds is 8. The van der Waals surface area contributed by atoms with Gasteiger partial charge >= 0.3 is 0 Å². The summed E-state index contributed by atoms with van der Waals surface area (Å²) in [6, 6.07) is 10.6. The Kier molecular flexibility index (Phi) is 7.83. The number of aromatic nitrogens is 1. The van der Waals surface area contributed by atoms with E-state index in [1.807, 2.05) is 0 Å². The van der Waals surface area contributed by atoms with Gasteiger partial charge in [-0.1, -0.05) is 11.3 Å². The number of nitro benzene ring substituents is 1. The molecule has 4 rings (SSSR count). The number of non-ortho nitro benzene ring substituents is 1. The van der Waals surface area contributed by atoms with Crippen molar-refractivity contribution < 1.29 is 27.6 Å². The molecule has 2 heterocycles. The number of benzene rings is 2. The Morgan fingerprint density at radius 3 is 2.64 bits per heavy atom. The molecular formula is C23H26N4O7S2. The van der Waals surface area contributed by atoms with Crippen LogP contribution in [0.2, 0.25) is 0 Å². The third-order valence-electron chi connectivity index (χ3n) is 6.03. The SMILES string of the molecule is COCCn1c(=NC(=O)C2CCCN(S(=O)(=O)c3ccc(OC)cc3)C2)sc2cc([N+](=O)[O-])ccc21. The first-order chi connectivity index (χ1) is 17.2. The summed E-state index contributed by atoms with van der Waals surface area (Å²) in [6.07, 6.45) is 1.05. The third kappa shape index (κ3) is 5.33. The van der Waals surface area contributed by atoms with E-state index in [4.69, 9.17) is 9.47 Å². The number of ether oxygens (including phenoxy) is 2. The Hall–Kier alpha value is -3.13. The van der Waals surface area contributed by atoms with Crippen LogP contribution in [-0.2, 0) is 26.1 Å². The number of hydrogen-bond donors (Lipinski definition) is 0. The van der Waals surface area contributed by atoms with E-state index < -0.39 is 26.8 Å². The third-order valence-corrected chi connectivity index (χ3v) is 8.95. The van der Waals surface area contributed by atoms with E-state index in [2.05, 4.69) is 4.99 Å². The van der Waals surface area contributed by atoms with E-state index in [-0.39, 0.29) is 17.1 Å². The number of piperidine rings is 1. The van der Waals surface area contributed by atoms with Gasteiger partial charge in [0.05, 0.1) is 39.7 Å². The van der Waals surface area contributed by atoms with Gasteiger partial charge in [0.25, 0.3) is 11.6 Å². The highest BCUT2D eigenvalue weighted by molar-refractivity contribution is 7.89. The molecule has 1 aliphatic rings. The zero-order valence-corrected chi connectivity index (χ0v) is 21.5. The fraction of sp³-hybridized carbons (Fsp3) is 0.391. The van der Waals surface area contributed by atoms with E-state index >= 15 is 0 Å². The van der Waals surface area contributed by atoms with Crippen LogP contribution in [0.25, 0.3) is 10.2 Å². The average molecular weight is 535 g/mol. The number of amides is 1. The van der Waals surface area contributed by atoms with Gasteiger partial charge in [0.1, 0.15) is 5.75 Å². The first-order valence-electron chi connectivity index (χ1n) is 11.2.